The summed E-state index contributed by atoms with van der Waals surface area (Å²) in [7, 11) is 0. The van der Waals surface area contributed by atoms with E-state index < -0.39 is 0 Å². The summed E-state index contributed by atoms with van der Waals surface area (Å²) < 4.78 is 0. The second-order valence-electron chi connectivity index (χ2n) is 7.36. The van der Waals surface area contributed by atoms with Crippen molar-refractivity contribution in [2.45, 2.75) is 39.5 Å². The highest BCUT2D eigenvalue weighted by Crippen LogP contribution is 2.31. The van der Waals surface area contributed by atoms with Gasteiger partial charge in [-0.25, -0.2) is 0 Å². The summed E-state index contributed by atoms with van der Waals surface area (Å²) in [5.41, 5.74) is 6.05. The summed E-state index contributed by atoms with van der Waals surface area (Å²) in [6.07, 6.45) is 1.42. The number of hydrogen-bond acceptors (Lipinski definition) is 2. The number of para-hydroxylation sites is 1. The fourth-order valence-electron chi connectivity index (χ4n) is 3.65. The van der Waals surface area contributed by atoms with Crippen LogP contribution in [0.15, 0.2) is 47.5 Å². The number of nitrogens with zero attached hydrogens (tertiary/aromatic N) is 1. The topological polar surface area (TPSA) is 65.5 Å². The van der Waals surface area contributed by atoms with E-state index in [4.69, 9.17) is 4.99 Å². The number of carbonyl (C=O) groups excluding carboxylic acids is 1. The van der Waals surface area contributed by atoms with Gasteiger partial charge in [0.05, 0.1) is 6.54 Å². The zero-order valence-corrected chi connectivity index (χ0v) is 19.7. The van der Waals surface area contributed by atoms with Crippen LogP contribution in [0.25, 0.3) is 0 Å². The first-order chi connectivity index (χ1) is 13.6. The number of rotatable bonds is 6. The Morgan fingerprint density at radius 1 is 1.17 bits per heavy atom. The quantitative estimate of drug-likeness (QED) is 0.314. The number of benzene rings is 2. The lowest BCUT2D eigenvalue weighted by molar-refractivity contribution is -0.116. The van der Waals surface area contributed by atoms with E-state index in [-0.39, 0.29) is 35.8 Å². The van der Waals surface area contributed by atoms with Crippen LogP contribution in [0.1, 0.15) is 41.5 Å². The SMILES string of the molecule is CCNC(=NCC1CC(=O)Nc2ccccc21)NCCc1ccc(C)cc1C.I. The number of hydrogen-bond donors (Lipinski definition) is 3. The number of anilines is 1. The van der Waals surface area contributed by atoms with E-state index in [2.05, 4.69) is 61.0 Å². The number of fused-ring (bicyclic) bond motifs is 1. The molecule has 3 rings (SSSR count). The van der Waals surface area contributed by atoms with Gasteiger partial charge in [0, 0.05) is 31.1 Å². The van der Waals surface area contributed by atoms with Crippen LogP contribution in [0, 0.1) is 13.8 Å². The first-order valence-electron chi connectivity index (χ1n) is 10.0. The molecule has 6 heteroatoms. The van der Waals surface area contributed by atoms with Crippen molar-refractivity contribution in [2.24, 2.45) is 4.99 Å². The number of carbonyl (C=O) groups is 1. The Morgan fingerprint density at radius 2 is 1.97 bits per heavy atom. The normalized spacial score (nSPS) is 15.8. The molecule has 1 atom stereocenters. The monoisotopic (exact) mass is 506 g/mol. The van der Waals surface area contributed by atoms with Gasteiger partial charge in [-0.2, -0.15) is 0 Å². The van der Waals surface area contributed by atoms with E-state index in [1.165, 1.54) is 16.7 Å². The van der Waals surface area contributed by atoms with Gasteiger partial charge in [0.25, 0.3) is 0 Å². The highest BCUT2D eigenvalue weighted by Gasteiger charge is 2.24. The van der Waals surface area contributed by atoms with Crippen molar-refractivity contribution < 1.29 is 4.79 Å². The fourth-order valence-corrected chi connectivity index (χ4v) is 3.65. The average molecular weight is 506 g/mol. The third-order valence-electron chi connectivity index (χ3n) is 5.11. The predicted octanol–water partition coefficient (Wildman–Crippen LogP) is 4.15. The predicted molar refractivity (Wildman–Crippen MR) is 131 cm³/mol. The summed E-state index contributed by atoms with van der Waals surface area (Å²) in [5.74, 6) is 0.974. The van der Waals surface area contributed by atoms with Crippen molar-refractivity contribution in [3.8, 4) is 0 Å². The summed E-state index contributed by atoms with van der Waals surface area (Å²) in [4.78, 5) is 16.8. The molecule has 1 aliphatic heterocycles. The van der Waals surface area contributed by atoms with E-state index in [9.17, 15) is 4.79 Å². The van der Waals surface area contributed by atoms with Crippen LogP contribution in [-0.4, -0.2) is 31.5 Å². The Balaban J connectivity index is 0.00000300. The van der Waals surface area contributed by atoms with Gasteiger partial charge in [0.2, 0.25) is 5.91 Å². The second-order valence-corrected chi connectivity index (χ2v) is 7.36. The summed E-state index contributed by atoms with van der Waals surface area (Å²) in [6, 6.07) is 14.6. The van der Waals surface area contributed by atoms with Gasteiger partial charge < -0.3 is 16.0 Å². The van der Waals surface area contributed by atoms with Crippen LogP contribution in [0.5, 0.6) is 0 Å². The lowest BCUT2D eigenvalue weighted by Crippen LogP contribution is -2.39. The van der Waals surface area contributed by atoms with Crippen molar-refractivity contribution in [3.05, 3.63) is 64.7 Å². The number of nitrogens with one attached hydrogen (secondary N) is 3. The first kappa shape index (κ1) is 23.2. The van der Waals surface area contributed by atoms with Crippen molar-refractivity contribution in [1.29, 1.82) is 0 Å². The van der Waals surface area contributed by atoms with Gasteiger partial charge in [-0.05, 0) is 49.9 Å². The molecule has 0 spiro atoms. The van der Waals surface area contributed by atoms with Crippen LogP contribution >= 0.6 is 24.0 Å². The Kier molecular flexibility index (Phi) is 8.95. The first-order valence-corrected chi connectivity index (χ1v) is 10.0. The molecule has 0 saturated heterocycles. The third kappa shape index (κ3) is 6.45. The number of amides is 1. The molecule has 3 N–H and O–H groups in total. The van der Waals surface area contributed by atoms with Crippen LogP contribution in [0.2, 0.25) is 0 Å². The molecule has 29 heavy (non-hydrogen) atoms. The van der Waals surface area contributed by atoms with Crippen LogP contribution in [0.4, 0.5) is 5.69 Å². The van der Waals surface area contributed by atoms with Gasteiger partial charge >= 0.3 is 0 Å². The Hall–Kier alpha value is -2.09. The molecular weight excluding hydrogens is 475 g/mol. The van der Waals surface area contributed by atoms with Gasteiger partial charge in [-0.1, -0.05) is 42.0 Å². The Labute approximate surface area is 190 Å². The maximum absolute atomic E-state index is 12.0. The minimum Gasteiger partial charge on any atom is -0.357 e. The van der Waals surface area contributed by atoms with Crippen LogP contribution in [0.3, 0.4) is 0 Å². The van der Waals surface area contributed by atoms with Gasteiger partial charge in [0.1, 0.15) is 0 Å². The largest absolute Gasteiger partial charge is 0.357 e. The Bertz CT molecular complexity index is 866. The zero-order chi connectivity index (χ0) is 19.9. The maximum atomic E-state index is 12.0. The highest BCUT2D eigenvalue weighted by molar-refractivity contribution is 14.0. The van der Waals surface area contributed by atoms with E-state index in [0.29, 0.717) is 13.0 Å². The minimum atomic E-state index is 0. The molecule has 0 bridgehead atoms. The molecule has 0 fully saturated rings. The van der Waals surface area contributed by atoms with Crippen molar-refractivity contribution in [2.75, 3.05) is 25.0 Å². The van der Waals surface area contributed by atoms with Crippen molar-refractivity contribution in [3.63, 3.8) is 0 Å². The highest BCUT2D eigenvalue weighted by atomic mass is 127. The van der Waals surface area contributed by atoms with E-state index in [0.717, 1.165) is 36.7 Å². The Morgan fingerprint density at radius 3 is 2.72 bits per heavy atom. The van der Waals surface area contributed by atoms with E-state index in [1.54, 1.807) is 0 Å². The van der Waals surface area contributed by atoms with Crippen LogP contribution < -0.4 is 16.0 Å². The summed E-state index contributed by atoms with van der Waals surface area (Å²) in [6.45, 7) is 8.55. The minimum absolute atomic E-state index is 0. The number of aliphatic imine (C=N–C) groups is 1. The molecule has 156 valence electrons. The molecule has 0 radical (unpaired) electrons. The number of halogens is 1. The van der Waals surface area contributed by atoms with E-state index >= 15 is 0 Å². The molecule has 0 aliphatic carbocycles. The lowest BCUT2D eigenvalue weighted by Gasteiger charge is -2.24. The molecule has 1 heterocycles. The molecule has 1 unspecified atom stereocenters. The van der Waals surface area contributed by atoms with Crippen molar-refractivity contribution >= 4 is 41.5 Å². The molecular formula is C23H31IN4O. The molecule has 0 saturated carbocycles. The standard InChI is InChI=1S/C23H30N4O.HI/c1-4-24-23(25-12-11-18-10-9-16(2)13-17(18)3)26-15-19-14-22(28)27-21-8-6-5-7-20(19)21;/h5-10,13,19H,4,11-12,14-15H2,1-3H3,(H,27,28)(H2,24,25,26);1H. The zero-order valence-electron chi connectivity index (χ0n) is 17.4. The molecule has 5 nitrogen and oxygen atoms in total. The number of guanidine groups is 1. The molecule has 0 aromatic heterocycles. The molecule has 2 aromatic rings. The second kappa shape index (κ2) is 11.2. The lowest BCUT2D eigenvalue weighted by atomic mass is 9.91. The molecule has 1 amide bonds. The maximum Gasteiger partial charge on any atom is 0.225 e. The van der Waals surface area contributed by atoms with E-state index in [1.807, 2.05) is 18.2 Å². The van der Waals surface area contributed by atoms with Gasteiger partial charge in [-0.15, -0.1) is 24.0 Å². The van der Waals surface area contributed by atoms with Gasteiger partial charge in [0.15, 0.2) is 5.96 Å². The molecule has 1 aliphatic rings. The third-order valence-corrected chi connectivity index (χ3v) is 5.11. The van der Waals surface area contributed by atoms with Crippen LogP contribution in [-0.2, 0) is 11.2 Å². The fraction of sp³-hybridized carbons (Fsp3) is 0.391. The summed E-state index contributed by atoms with van der Waals surface area (Å²) in [5, 5.41) is 9.68. The van der Waals surface area contributed by atoms with Crippen molar-refractivity contribution in [1.82, 2.24) is 10.6 Å². The number of aryl methyl sites for hydroxylation is 2. The molecule has 2 aromatic carbocycles. The smallest absolute Gasteiger partial charge is 0.225 e. The average Bonchev–Trinajstić information content (AvgIpc) is 2.67. The summed E-state index contributed by atoms with van der Waals surface area (Å²) >= 11 is 0. The van der Waals surface area contributed by atoms with Gasteiger partial charge in [-0.3, -0.25) is 9.79 Å².